The molecule has 3 rings (SSSR count). The molecule has 0 radical (unpaired) electrons. The zero-order chi connectivity index (χ0) is 15.0. The van der Waals surface area contributed by atoms with E-state index in [9.17, 15) is 0 Å². The molecule has 5 nitrogen and oxygen atoms in total. The summed E-state index contributed by atoms with van der Waals surface area (Å²) in [4.78, 5) is 4.35. The van der Waals surface area contributed by atoms with Gasteiger partial charge in [-0.25, -0.2) is 4.98 Å². The fraction of sp³-hybridized carbons (Fsp3) is 0.133. The zero-order valence-electron chi connectivity index (χ0n) is 11.6. The Kier molecular flexibility index (Phi) is 3.35. The molecule has 2 N–H and O–H groups in total. The summed E-state index contributed by atoms with van der Waals surface area (Å²) in [6, 6.07) is 11.1. The molecule has 108 valence electrons. The smallest absolute Gasteiger partial charge is 0.205 e. The number of imidazole rings is 1. The molecule has 21 heavy (non-hydrogen) atoms. The average molecular weight is 304 g/mol. The van der Waals surface area contributed by atoms with Gasteiger partial charge in [-0.2, -0.15) is 0 Å². The lowest BCUT2D eigenvalue weighted by atomic mass is 10.2. The number of benzene rings is 2. The molecule has 1 heterocycles. The average Bonchev–Trinajstić information content (AvgIpc) is 2.82. The van der Waals surface area contributed by atoms with Gasteiger partial charge in [0.05, 0.1) is 36.0 Å². The zero-order valence-corrected chi connectivity index (χ0v) is 12.4. The van der Waals surface area contributed by atoms with Crippen molar-refractivity contribution in [2.24, 2.45) is 0 Å². The summed E-state index contributed by atoms with van der Waals surface area (Å²) >= 11 is 6.06. The van der Waals surface area contributed by atoms with E-state index >= 15 is 0 Å². The number of halogens is 1. The molecule has 0 atom stereocenters. The van der Waals surface area contributed by atoms with Gasteiger partial charge in [0.1, 0.15) is 11.5 Å². The van der Waals surface area contributed by atoms with E-state index in [0.29, 0.717) is 16.7 Å². The van der Waals surface area contributed by atoms with Gasteiger partial charge in [-0.15, -0.1) is 0 Å². The van der Waals surface area contributed by atoms with Crippen LogP contribution in [-0.4, -0.2) is 23.8 Å². The van der Waals surface area contributed by atoms with Gasteiger partial charge in [0, 0.05) is 12.1 Å². The second-order valence-corrected chi connectivity index (χ2v) is 4.89. The summed E-state index contributed by atoms with van der Waals surface area (Å²) in [6.07, 6.45) is 0. The van der Waals surface area contributed by atoms with Crippen LogP contribution < -0.4 is 15.2 Å². The number of ether oxygens (including phenoxy) is 2. The Labute approximate surface area is 126 Å². The maximum absolute atomic E-state index is 6.06. The Bertz CT molecular complexity index is 814. The lowest BCUT2D eigenvalue weighted by Gasteiger charge is -2.10. The molecule has 1 aromatic heterocycles. The van der Waals surface area contributed by atoms with Crippen molar-refractivity contribution in [1.29, 1.82) is 0 Å². The number of rotatable bonds is 3. The molecule has 0 spiro atoms. The summed E-state index contributed by atoms with van der Waals surface area (Å²) in [7, 11) is 3.19. The number of hydrogen-bond acceptors (Lipinski definition) is 4. The second-order valence-electron chi connectivity index (χ2n) is 4.48. The standard InChI is InChI=1S/C15H14ClN3O2/c1-20-10-4-6-12-13(8-10)19(15(17)18-12)9-3-5-11(16)14(7-9)21-2/h3-8H,1-2H3,(H2,17,18). The molecule has 0 fully saturated rings. The van der Waals surface area contributed by atoms with Crippen molar-refractivity contribution < 1.29 is 9.47 Å². The topological polar surface area (TPSA) is 62.3 Å². The van der Waals surface area contributed by atoms with E-state index in [4.69, 9.17) is 26.8 Å². The van der Waals surface area contributed by atoms with E-state index < -0.39 is 0 Å². The van der Waals surface area contributed by atoms with Gasteiger partial charge in [0.2, 0.25) is 5.95 Å². The third kappa shape index (κ3) is 2.25. The summed E-state index contributed by atoms with van der Waals surface area (Å²) in [5.41, 5.74) is 8.52. The maximum atomic E-state index is 6.06. The van der Waals surface area contributed by atoms with Gasteiger partial charge in [-0.1, -0.05) is 11.6 Å². The van der Waals surface area contributed by atoms with Gasteiger partial charge < -0.3 is 15.2 Å². The largest absolute Gasteiger partial charge is 0.497 e. The predicted molar refractivity (Wildman–Crippen MR) is 83.6 cm³/mol. The van der Waals surface area contributed by atoms with Crippen LogP contribution in [0.2, 0.25) is 5.02 Å². The number of nitrogen functional groups attached to an aromatic ring is 1. The fourth-order valence-electron chi connectivity index (χ4n) is 2.26. The van der Waals surface area contributed by atoms with Crippen LogP contribution in [-0.2, 0) is 0 Å². The quantitative estimate of drug-likeness (QED) is 0.806. The highest BCUT2D eigenvalue weighted by molar-refractivity contribution is 6.32. The first-order valence-electron chi connectivity index (χ1n) is 6.30. The maximum Gasteiger partial charge on any atom is 0.205 e. The summed E-state index contributed by atoms with van der Waals surface area (Å²) < 4.78 is 12.3. The Morgan fingerprint density at radius 2 is 1.90 bits per heavy atom. The molecule has 0 saturated heterocycles. The van der Waals surface area contributed by atoms with Crippen LogP contribution in [0.25, 0.3) is 16.7 Å². The molecule has 0 unspecified atom stereocenters. The summed E-state index contributed by atoms with van der Waals surface area (Å²) in [6.45, 7) is 0. The van der Waals surface area contributed by atoms with Crippen molar-refractivity contribution in [3.63, 3.8) is 0 Å². The van der Waals surface area contributed by atoms with E-state index in [0.717, 1.165) is 22.5 Å². The van der Waals surface area contributed by atoms with E-state index in [-0.39, 0.29) is 0 Å². The van der Waals surface area contributed by atoms with Gasteiger partial charge in [0.15, 0.2) is 0 Å². The molecule has 0 aliphatic heterocycles. The Balaban J connectivity index is 2.26. The monoisotopic (exact) mass is 303 g/mol. The fourth-order valence-corrected chi connectivity index (χ4v) is 2.45. The van der Waals surface area contributed by atoms with Gasteiger partial charge in [0.25, 0.3) is 0 Å². The molecular weight excluding hydrogens is 290 g/mol. The van der Waals surface area contributed by atoms with Crippen LogP contribution in [0.3, 0.4) is 0 Å². The third-order valence-electron chi connectivity index (χ3n) is 3.28. The Morgan fingerprint density at radius 1 is 1.10 bits per heavy atom. The van der Waals surface area contributed by atoms with Crippen molar-refractivity contribution in [3.8, 4) is 17.2 Å². The molecular formula is C15H14ClN3O2. The van der Waals surface area contributed by atoms with Crippen molar-refractivity contribution in [2.45, 2.75) is 0 Å². The van der Waals surface area contributed by atoms with Crippen LogP contribution >= 0.6 is 11.6 Å². The van der Waals surface area contributed by atoms with Crippen molar-refractivity contribution in [3.05, 3.63) is 41.4 Å². The Hall–Kier alpha value is -2.40. The lowest BCUT2D eigenvalue weighted by molar-refractivity contribution is 0.415. The molecule has 0 aliphatic carbocycles. The lowest BCUT2D eigenvalue weighted by Crippen LogP contribution is -2.01. The summed E-state index contributed by atoms with van der Waals surface area (Å²) in [5, 5.41) is 0.543. The van der Waals surface area contributed by atoms with E-state index in [1.165, 1.54) is 0 Å². The molecule has 0 saturated carbocycles. The Morgan fingerprint density at radius 3 is 2.62 bits per heavy atom. The highest BCUT2D eigenvalue weighted by Gasteiger charge is 2.12. The molecule has 6 heteroatoms. The number of anilines is 1. The van der Waals surface area contributed by atoms with Crippen molar-refractivity contribution in [1.82, 2.24) is 9.55 Å². The number of nitrogens with zero attached hydrogens (tertiary/aromatic N) is 2. The summed E-state index contributed by atoms with van der Waals surface area (Å²) in [5.74, 6) is 1.71. The number of hydrogen-bond donors (Lipinski definition) is 1. The highest BCUT2D eigenvalue weighted by Crippen LogP contribution is 2.31. The van der Waals surface area contributed by atoms with Crippen molar-refractivity contribution in [2.75, 3.05) is 20.0 Å². The van der Waals surface area contributed by atoms with Crippen LogP contribution in [0.5, 0.6) is 11.5 Å². The minimum Gasteiger partial charge on any atom is -0.497 e. The molecule has 0 bridgehead atoms. The van der Waals surface area contributed by atoms with E-state index in [2.05, 4.69) is 4.98 Å². The SMILES string of the molecule is COc1ccc2nc(N)n(-c3ccc(Cl)c(OC)c3)c2c1. The molecule has 3 aromatic rings. The first kappa shape index (κ1) is 13.6. The number of fused-ring (bicyclic) bond motifs is 1. The van der Waals surface area contributed by atoms with E-state index in [1.54, 1.807) is 20.3 Å². The number of methoxy groups -OCH3 is 2. The first-order chi connectivity index (χ1) is 10.1. The molecule has 0 aliphatic rings. The molecule has 0 amide bonds. The van der Waals surface area contributed by atoms with Crippen LogP contribution in [0.15, 0.2) is 36.4 Å². The van der Waals surface area contributed by atoms with Gasteiger partial charge in [-0.3, -0.25) is 4.57 Å². The van der Waals surface area contributed by atoms with Crippen LogP contribution in [0, 0.1) is 0 Å². The van der Waals surface area contributed by atoms with Gasteiger partial charge >= 0.3 is 0 Å². The van der Waals surface area contributed by atoms with Crippen molar-refractivity contribution >= 4 is 28.6 Å². The van der Waals surface area contributed by atoms with E-state index in [1.807, 2.05) is 34.9 Å². The van der Waals surface area contributed by atoms with Crippen LogP contribution in [0.4, 0.5) is 5.95 Å². The normalized spacial score (nSPS) is 10.8. The second kappa shape index (κ2) is 5.18. The third-order valence-corrected chi connectivity index (χ3v) is 3.59. The number of aromatic nitrogens is 2. The highest BCUT2D eigenvalue weighted by atomic mass is 35.5. The van der Waals surface area contributed by atoms with Crippen LogP contribution in [0.1, 0.15) is 0 Å². The minimum absolute atomic E-state index is 0.391. The molecule has 2 aromatic carbocycles. The minimum atomic E-state index is 0.391. The number of nitrogens with two attached hydrogens (primary N) is 1. The first-order valence-corrected chi connectivity index (χ1v) is 6.67. The van der Waals surface area contributed by atoms with Gasteiger partial charge in [-0.05, 0) is 24.3 Å². The predicted octanol–water partition coefficient (Wildman–Crippen LogP) is 3.28.